The van der Waals surface area contributed by atoms with Crippen molar-refractivity contribution in [1.29, 1.82) is 0 Å². The number of non-ortho nitro benzene ring substituents is 1. The molecule has 1 aromatic carbocycles. The predicted molar refractivity (Wildman–Crippen MR) is 77.3 cm³/mol. The second kappa shape index (κ2) is 6.68. The second-order valence-corrected chi connectivity index (χ2v) is 5.81. The molecule has 0 aliphatic heterocycles. The van der Waals surface area contributed by atoms with Crippen LogP contribution >= 0.6 is 0 Å². The minimum atomic E-state index is -0.576. The number of hydrogen-bond donors (Lipinski definition) is 1. The Morgan fingerprint density at radius 2 is 2.20 bits per heavy atom. The van der Waals surface area contributed by atoms with E-state index in [0.29, 0.717) is 5.69 Å². The van der Waals surface area contributed by atoms with Crippen LogP contribution in [0.1, 0.15) is 39.0 Å². The van der Waals surface area contributed by atoms with E-state index < -0.39 is 10.7 Å². The van der Waals surface area contributed by atoms with Crippen molar-refractivity contribution in [1.82, 2.24) is 0 Å². The molecule has 0 aromatic heterocycles. The van der Waals surface area contributed by atoms with E-state index in [1.807, 2.05) is 0 Å². The fourth-order valence-electron chi connectivity index (χ4n) is 3.02. The first-order valence-corrected chi connectivity index (χ1v) is 7.23. The van der Waals surface area contributed by atoms with Crippen molar-refractivity contribution in [2.45, 2.75) is 39.0 Å². The summed E-state index contributed by atoms with van der Waals surface area (Å²) in [6, 6.07) is 3.62. The number of nitro benzene ring substituents is 1. The summed E-state index contributed by atoms with van der Waals surface area (Å²) >= 11 is 0. The summed E-state index contributed by atoms with van der Waals surface area (Å²) in [5.74, 6) is 0.937. The van der Waals surface area contributed by atoms with Crippen LogP contribution in [0.25, 0.3) is 0 Å². The summed E-state index contributed by atoms with van der Waals surface area (Å²) in [5.41, 5.74) is 0.277. The van der Waals surface area contributed by atoms with Crippen molar-refractivity contribution >= 4 is 11.4 Å². The highest BCUT2D eigenvalue weighted by molar-refractivity contribution is 5.51. The van der Waals surface area contributed by atoms with Gasteiger partial charge in [0.15, 0.2) is 0 Å². The fraction of sp³-hybridized carbons (Fsp3) is 0.600. The molecule has 2 rings (SSSR count). The van der Waals surface area contributed by atoms with Gasteiger partial charge in [0, 0.05) is 18.3 Å². The Morgan fingerprint density at radius 3 is 2.90 bits per heavy atom. The van der Waals surface area contributed by atoms with Crippen molar-refractivity contribution in [3.05, 3.63) is 34.1 Å². The fourth-order valence-corrected chi connectivity index (χ4v) is 3.02. The second-order valence-electron chi connectivity index (χ2n) is 5.81. The first-order valence-electron chi connectivity index (χ1n) is 7.23. The van der Waals surface area contributed by atoms with Crippen LogP contribution < -0.4 is 5.32 Å². The normalized spacial score (nSPS) is 22.5. The Balaban J connectivity index is 1.86. The average molecular weight is 280 g/mol. The summed E-state index contributed by atoms with van der Waals surface area (Å²) < 4.78 is 13.3. The molecular weight excluding hydrogens is 259 g/mol. The van der Waals surface area contributed by atoms with E-state index >= 15 is 0 Å². The Labute approximate surface area is 118 Å². The molecule has 0 heterocycles. The van der Waals surface area contributed by atoms with Crippen LogP contribution in [-0.2, 0) is 0 Å². The molecule has 0 bridgehead atoms. The van der Waals surface area contributed by atoms with Crippen molar-refractivity contribution < 1.29 is 9.31 Å². The molecule has 4 nitrogen and oxygen atoms in total. The van der Waals surface area contributed by atoms with Crippen LogP contribution in [0.2, 0.25) is 0 Å². The maximum Gasteiger partial charge on any atom is 0.274 e. The van der Waals surface area contributed by atoms with Crippen molar-refractivity contribution in [2.24, 2.45) is 11.8 Å². The SMILES string of the molecule is CC1CCCC(CCNc2cc(F)cc([N+](=O)[O-])c2)C1. The van der Waals surface area contributed by atoms with Gasteiger partial charge in [-0.1, -0.05) is 26.2 Å². The number of nitrogens with zero attached hydrogens (tertiary/aromatic N) is 1. The molecule has 0 radical (unpaired) electrons. The number of nitrogens with one attached hydrogen (secondary N) is 1. The van der Waals surface area contributed by atoms with Gasteiger partial charge in [-0.15, -0.1) is 0 Å². The molecule has 1 aliphatic carbocycles. The zero-order chi connectivity index (χ0) is 14.5. The van der Waals surface area contributed by atoms with Crippen LogP contribution in [0.4, 0.5) is 15.8 Å². The molecule has 5 heteroatoms. The van der Waals surface area contributed by atoms with Gasteiger partial charge in [0.2, 0.25) is 0 Å². The van der Waals surface area contributed by atoms with Crippen molar-refractivity contribution in [3.8, 4) is 0 Å². The Kier molecular flexibility index (Phi) is 4.93. The molecule has 110 valence electrons. The van der Waals surface area contributed by atoms with Gasteiger partial charge in [0.05, 0.1) is 11.0 Å². The monoisotopic (exact) mass is 280 g/mol. The van der Waals surface area contributed by atoms with E-state index in [0.717, 1.165) is 30.9 Å². The molecule has 0 saturated heterocycles. The standard InChI is InChI=1S/C15H21FN2O2/c1-11-3-2-4-12(7-11)5-6-17-14-8-13(16)9-15(10-14)18(19)20/h8-12,17H,2-7H2,1H3. The molecule has 1 N–H and O–H groups in total. The van der Waals surface area contributed by atoms with Crippen molar-refractivity contribution in [3.63, 3.8) is 0 Å². The minimum Gasteiger partial charge on any atom is -0.385 e. The quantitative estimate of drug-likeness (QED) is 0.644. The lowest BCUT2D eigenvalue weighted by molar-refractivity contribution is -0.385. The molecule has 1 aromatic rings. The Hall–Kier alpha value is -1.65. The van der Waals surface area contributed by atoms with E-state index in [-0.39, 0.29) is 5.69 Å². The highest BCUT2D eigenvalue weighted by Crippen LogP contribution is 2.30. The first kappa shape index (κ1) is 14.8. The third kappa shape index (κ3) is 4.18. The summed E-state index contributed by atoms with van der Waals surface area (Å²) in [6.07, 6.45) is 6.16. The molecule has 1 aliphatic rings. The number of anilines is 1. The predicted octanol–water partition coefficient (Wildman–Crippen LogP) is 4.36. The summed E-state index contributed by atoms with van der Waals surface area (Å²) in [5, 5.41) is 13.8. The third-order valence-corrected chi connectivity index (χ3v) is 4.02. The van der Waals surface area contributed by atoms with Crippen LogP contribution in [0, 0.1) is 27.8 Å². The number of nitro groups is 1. The van der Waals surface area contributed by atoms with E-state index in [1.165, 1.54) is 37.8 Å². The van der Waals surface area contributed by atoms with Gasteiger partial charge in [0.1, 0.15) is 5.82 Å². The van der Waals surface area contributed by atoms with Crippen LogP contribution in [0.15, 0.2) is 18.2 Å². The van der Waals surface area contributed by atoms with E-state index in [4.69, 9.17) is 0 Å². The van der Waals surface area contributed by atoms with Crippen LogP contribution in [0.3, 0.4) is 0 Å². The van der Waals surface area contributed by atoms with Gasteiger partial charge >= 0.3 is 0 Å². The van der Waals surface area contributed by atoms with Gasteiger partial charge in [-0.05, 0) is 30.7 Å². The van der Waals surface area contributed by atoms with Gasteiger partial charge in [-0.3, -0.25) is 10.1 Å². The lowest BCUT2D eigenvalue weighted by Gasteiger charge is -2.26. The summed E-state index contributed by atoms with van der Waals surface area (Å²) in [4.78, 5) is 10.1. The lowest BCUT2D eigenvalue weighted by Crippen LogP contribution is -2.16. The third-order valence-electron chi connectivity index (χ3n) is 4.02. The highest BCUT2D eigenvalue weighted by Gasteiger charge is 2.18. The highest BCUT2D eigenvalue weighted by atomic mass is 19.1. The topological polar surface area (TPSA) is 55.2 Å². The number of rotatable bonds is 5. The smallest absolute Gasteiger partial charge is 0.274 e. The lowest BCUT2D eigenvalue weighted by atomic mass is 9.81. The zero-order valence-electron chi connectivity index (χ0n) is 11.8. The first-order chi connectivity index (χ1) is 9.54. The maximum absolute atomic E-state index is 13.3. The van der Waals surface area contributed by atoms with Gasteiger partial charge < -0.3 is 5.32 Å². The molecule has 1 fully saturated rings. The molecular formula is C15H21FN2O2. The molecule has 1 saturated carbocycles. The molecule has 20 heavy (non-hydrogen) atoms. The summed E-state index contributed by atoms with van der Waals surface area (Å²) in [6.45, 7) is 3.02. The van der Waals surface area contributed by atoms with Gasteiger partial charge in [-0.2, -0.15) is 0 Å². The number of benzene rings is 1. The van der Waals surface area contributed by atoms with Gasteiger partial charge in [0.25, 0.3) is 5.69 Å². The van der Waals surface area contributed by atoms with E-state index in [9.17, 15) is 14.5 Å². The van der Waals surface area contributed by atoms with E-state index in [1.54, 1.807) is 0 Å². The maximum atomic E-state index is 13.3. The Bertz CT molecular complexity index is 479. The zero-order valence-corrected chi connectivity index (χ0v) is 11.8. The minimum absolute atomic E-state index is 0.209. The van der Waals surface area contributed by atoms with Crippen LogP contribution in [-0.4, -0.2) is 11.5 Å². The number of hydrogen-bond acceptors (Lipinski definition) is 3. The number of halogens is 1. The van der Waals surface area contributed by atoms with Gasteiger partial charge in [-0.25, -0.2) is 4.39 Å². The van der Waals surface area contributed by atoms with E-state index in [2.05, 4.69) is 12.2 Å². The van der Waals surface area contributed by atoms with Crippen molar-refractivity contribution in [2.75, 3.05) is 11.9 Å². The molecule has 0 spiro atoms. The average Bonchev–Trinajstić information content (AvgIpc) is 2.38. The summed E-state index contributed by atoms with van der Waals surface area (Å²) in [7, 11) is 0. The largest absolute Gasteiger partial charge is 0.385 e. The van der Waals surface area contributed by atoms with Crippen LogP contribution in [0.5, 0.6) is 0 Å². The Morgan fingerprint density at radius 1 is 1.40 bits per heavy atom. The molecule has 2 unspecified atom stereocenters. The molecule has 0 amide bonds. The molecule has 2 atom stereocenters.